The summed E-state index contributed by atoms with van der Waals surface area (Å²) in [6.45, 7) is 5.31. The van der Waals surface area contributed by atoms with E-state index in [1.54, 1.807) is 25.1 Å². The van der Waals surface area contributed by atoms with E-state index in [-0.39, 0.29) is 6.54 Å². The predicted octanol–water partition coefficient (Wildman–Crippen LogP) is 3.97. The summed E-state index contributed by atoms with van der Waals surface area (Å²) in [5, 5.41) is 4.66. The Morgan fingerprint density at radius 3 is 2.44 bits per heavy atom. The lowest BCUT2D eigenvalue weighted by Gasteiger charge is -2.23. The van der Waals surface area contributed by atoms with Gasteiger partial charge in [0.15, 0.2) is 0 Å². The van der Waals surface area contributed by atoms with E-state index in [1.807, 2.05) is 54.8 Å². The minimum Gasteiger partial charge on any atom is -0.316 e. The molecule has 0 spiro atoms. The normalized spacial score (nSPS) is 11.7. The second kappa shape index (κ2) is 9.58. The van der Waals surface area contributed by atoms with Crippen LogP contribution in [0.1, 0.15) is 22.5 Å². The van der Waals surface area contributed by atoms with Gasteiger partial charge < -0.3 is 4.57 Å². The number of nitrogens with zero attached hydrogens (tertiary/aromatic N) is 3. The number of hydrogen-bond donors (Lipinski definition) is 1. The molecule has 3 aromatic rings. The number of carbonyl (C=O) groups excluding carboxylic acids is 1. The third-order valence-corrected chi connectivity index (χ3v) is 6.47. The molecule has 1 aromatic heterocycles. The number of benzene rings is 2. The number of carbonyl (C=O) groups is 1. The Hall–Kier alpha value is -3.10. The van der Waals surface area contributed by atoms with E-state index in [2.05, 4.69) is 10.5 Å². The van der Waals surface area contributed by atoms with Crippen LogP contribution in [0.2, 0.25) is 5.02 Å². The molecule has 3 rings (SSSR count). The van der Waals surface area contributed by atoms with Crippen LogP contribution in [0.3, 0.4) is 0 Å². The Labute approximate surface area is 193 Å². The fraction of sp³-hybridized carbons (Fsp3) is 0.217. The Bertz CT molecular complexity index is 1280. The van der Waals surface area contributed by atoms with Gasteiger partial charge >= 0.3 is 0 Å². The summed E-state index contributed by atoms with van der Waals surface area (Å²) >= 11 is 6.34. The highest BCUT2D eigenvalue weighted by Gasteiger charge is 2.22. The number of hydrogen-bond acceptors (Lipinski definition) is 4. The van der Waals surface area contributed by atoms with Crippen LogP contribution in [-0.4, -0.2) is 37.9 Å². The lowest BCUT2D eigenvalue weighted by Crippen LogP contribution is -2.39. The highest BCUT2D eigenvalue weighted by Crippen LogP contribution is 2.25. The van der Waals surface area contributed by atoms with Crippen molar-refractivity contribution in [3.05, 3.63) is 82.1 Å². The number of halogens is 1. The first-order chi connectivity index (χ1) is 15.1. The third-order valence-electron chi connectivity index (χ3n) is 5.03. The molecule has 2 aromatic carbocycles. The van der Waals surface area contributed by atoms with Gasteiger partial charge in [0.2, 0.25) is 10.0 Å². The van der Waals surface area contributed by atoms with E-state index < -0.39 is 15.9 Å². The second-order valence-electron chi connectivity index (χ2n) is 7.46. The number of rotatable bonds is 7. The minimum atomic E-state index is -3.65. The fourth-order valence-corrected chi connectivity index (χ4v) is 4.62. The molecular formula is C23H25ClN4O3S. The first kappa shape index (κ1) is 23.6. The van der Waals surface area contributed by atoms with Gasteiger partial charge in [0.05, 0.1) is 28.9 Å². The molecule has 1 heterocycles. The molecule has 0 atom stereocenters. The first-order valence-corrected chi connectivity index (χ1v) is 12.1. The summed E-state index contributed by atoms with van der Waals surface area (Å²) in [5.41, 5.74) is 7.16. The Kier molecular flexibility index (Phi) is 7.06. The molecular weight excluding hydrogens is 448 g/mol. The van der Waals surface area contributed by atoms with Crippen molar-refractivity contribution < 1.29 is 13.2 Å². The molecule has 0 saturated heterocycles. The predicted molar refractivity (Wildman–Crippen MR) is 129 cm³/mol. The van der Waals surface area contributed by atoms with Crippen LogP contribution < -0.4 is 9.73 Å². The average molecular weight is 473 g/mol. The molecule has 32 heavy (non-hydrogen) atoms. The standard InChI is InChI=1S/C23H25ClN4O3S/c1-16-9-5-7-11-21(16)27(32(4,30)31)15-23(29)26-25-14-19-13-17(2)28(18(19)3)22-12-8-6-10-20(22)24/h5-14H,15H2,1-4H3,(H,26,29)/b25-14-. The molecule has 168 valence electrons. The largest absolute Gasteiger partial charge is 0.316 e. The molecule has 9 heteroatoms. The molecule has 7 nitrogen and oxygen atoms in total. The van der Waals surface area contributed by atoms with E-state index in [1.165, 1.54) is 6.21 Å². The van der Waals surface area contributed by atoms with Crippen LogP contribution in [0.15, 0.2) is 59.7 Å². The zero-order valence-electron chi connectivity index (χ0n) is 18.3. The first-order valence-electron chi connectivity index (χ1n) is 9.88. The summed E-state index contributed by atoms with van der Waals surface area (Å²) in [4.78, 5) is 12.4. The molecule has 0 aliphatic carbocycles. The smallest absolute Gasteiger partial charge is 0.260 e. The SMILES string of the molecule is Cc1ccccc1N(CC(=O)N/N=C\c1cc(C)n(-c2ccccc2Cl)c1C)S(C)(=O)=O. The molecule has 0 aliphatic heterocycles. The number of nitrogens with one attached hydrogen (secondary N) is 1. The van der Waals surface area contributed by atoms with Crippen molar-refractivity contribution in [3.8, 4) is 5.69 Å². The fourth-order valence-electron chi connectivity index (χ4n) is 3.49. The van der Waals surface area contributed by atoms with E-state index in [9.17, 15) is 13.2 Å². The Balaban J connectivity index is 1.76. The number of aryl methyl sites for hydroxylation is 2. The van der Waals surface area contributed by atoms with Crippen LogP contribution in [0.4, 0.5) is 5.69 Å². The average Bonchev–Trinajstić information content (AvgIpc) is 3.00. The quantitative estimate of drug-likeness (QED) is 0.417. The van der Waals surface area contributed by atoms with Crippen molar-refractivity contribution in [2.24, 2.45) is 5.10 Å². The second-order valence-corrected chi connectivity index (χ2v) is 9.78. The minimum absolute atomic E-state index is 0.375. The van der Waals surface area contributed by atoms with Crippen molar-refractivity contribution in [2.45, 2.75) is 20.8 Å². The van der Waals surface area contributed by atoms with Gasteiger partial charge in [-0.1, -0.05) is 41.9 Å². The van der Waals surface area contributed by atoms with Crippen LogP contribution in [0.25, 0.3) is 5.69 Å². The van der Waals surface area contributed by atoms with Crippen molar-refractivity contribution in [1.82, 2.24) is 9.99 Å². The molecule has 1 N–H and O–H groups in total. The Morgan fingerprint density at radius 1 is 1.12 bits per heavy atom. The third kappa shape index (κ3) is 5.20. The van der Waals surface area contributed by atoms with E-state index >= 15 is 0 Å². The maximum Gasteiger partial charge on any atom is 0.260 e. The van der Waals surface area contributed by atoms with Gasteiger partial charge in [-0.3, -0.25) is 9.10 Å². The van der Waals surface area contributed by atoms with Crippen LogP contribution in [0.5, 0.6) is 0 Å². The maximum absolute atomic E-state index is 12.4. The zero-order chi connectivity index (χ0) is 23.5. The summed E-state index contributed by atoms with van der Waals surface area (Å²) < 4.78 is 27.6. The lowest BCUT2D eigenvalue weighted by molar-refractivity contribution is -0.119. The highest BCUT2D eigenvalue weighted by molar-refractivity contribution is 7.92. The van der Waals surface area contributed by atoms with E-state index in [0.717, 1.165) is 38.8 Å². The van der Waals surface area contributed by atoms with Gasteiger partial charge in [-0.05, 0) is 50.6 Å². The van der Waals surface area contributed by atoms with Crippen molar-refractivity contribution in [1.29, 1.82) is 0 Å². The number of para-hydroxylation sites is 2. The molecule has 0 radical (unpaired) electrons. The zero-order valence-corrected chi connectivity index (χ0v) is 19.9. The van der Waals surface area contributed by atoms with Gasteiger partial charge in [0.1, 0.15) is 6.54 Å². The van der Waals surface area contributed by atoms with E-state index in [0.29, 0.717) is 10.7 Å². The summed E-state index contributed by atoms with van der Waals surface area (Å²) in [5.74, 6) is -0.546. The lowest BCUT2D eigenvalue weighted by atomic mass is 10.2. The Morgan fingerprint density at radius 2 is 1.78 bits per heavy atom. The van der Waals surface area contributed by atoms with E-state index in [4.69, 9.17) is 11.6 Å². The molecule has 0 saturated carbocycles. The number of hydrazone groups is 1. The topological polar surface area (TPSA) is 83.8 Å². The maximum atomic E-state index is 12.4. The molecule has 0 fully saturated rings. The van der Waals surface area contributed by atoms with Crippen molar-refractivity contribution in [2.75, 3.05) is 17.1 Å². The number of anilines is 1. The van der Waals surface area contributed by atoms with Gasteiger partial charge in [0, 0.05) is 17.0 Å². The van der Waals surface area contributed by atoms with Gasteiger partial charge in [0.25, 0.3) is 5.91 Å². The summed E-state index contributed by atoms with van der Waals surface area (Å²) in [7, 11) is -3.65. The van der Waals surface area contributed by atoms with Gasteiger partial charge in [-0.25, -0.2) is 13.8 Å². The van der Waals surface area contributed by atoms with Crippen LogP contribution in [0, 0.1) is 20.8 Å². The van der Waals surface area contributed by atoms with Crippen LogP contribution in [-0.2, 0) is 14.8 Å². The summed E-state index contributed by atoms with van der Waals surface area (Å²) in [6, 6.07) is 16.5. The summed E-state index contributed by atoms with van der Waals surface area (Å²) in [6.07, 6.45) is 2.60. The number of sulfonamides is 1. The number of aromatic nitrogens is 1. The van der Waals surface area contributed by atoms with Crippen LogP contribution >= 0.6 is 11.6 Å². The number of amides is 1. The molecule has 0 unspecified atom stereocenters. The van der Waals surface area contributed by atoms with Crippen molar-refractivity contribution >= 4 is 39.4 Å². The molecule has 1 amide bonds. The van der Waals surface area contributed by atoms with Gasteiger partial charge in [-0.2, -0.15) is 5.10 Å². The van der Waals surface area contributed by atoms with Gasteiger partial charge in [-0.15, -0.1) is 0 Å². The highest BCUT2D eigenvalue weighted by atomic mass is 35.5. The van der Waals surface area contributed by atoms with Crippen molar-refractivity contribution in [3.63, 3.8) is 0 Å². The molecule has 0 aliphatic rings. The monoisotopic (exact) mass is 472 g/mol. The molecule has 0 bridgehead atoms.